The number of anilines is 2. The Balaban J connectivity index is 1.96. The molecule has 5 rings (SSSR count). The molecule has 1 aliphatic heterocycles. The first kappa shape index (κ1) is 18.2. The number of hydrogen-bond acceptors (Lipinski definition) is 1. The van der Waals surface area contributed by atoms with Crippen LogP contribution >= 0.6 is 0 Å². The smallest absolute Gasteiger partial charge is 0.224 e. The van der Waals surface area contributed by atoms with Crippen molar-refractivity contribution < 1.29 is 4.57 Å². The molecule has 0 saturated heterocycles. The average Bonchev–Trinajstić information content (AvgIpc) is 2.69. The van der Waals surface area contributed by atoms with E-state index in [4.69, 9.17) is 0 Å². The van der Waals surface area contributed by atoms with E-state index in [9.17, 15) is 0 Å². The van der Waals surface area contributed by atoms with Crippen LogP contribution in [-0.4, -0.2) is 7.05 Å². The molecule has 2 nitrogen and oxygen atoms in total. The van der Waals surface area contributed by atoms with Gasteiger partial charge in [0.15, 0.2) is 6.20 Å². The van der Waals surface area contributed by atoms with Gasteiger partial charge in [-0.1, -0.05) is 44.2 Å². The van der Waals surface area contributed by atoms with Gasteiger partial charge in [-0.2, -0.15) is 0 Å². The molecular weight excluding hydrogens is 352 g/mol. The first-order valence-corrected chi connectivity index (χ1v) is 10.6. The predicted octanol–water partition coefficient (Wildman–Crippen LogP) is 6.38. The SMILES string of the molecule is Cc1c2c(c(C)c3ccccc13)N(C)c1cc(CC(C)C)cc3cc[n+](C)c-2c13. The fraction of sp³-hybridized carbons (Fsp3) is 0.296. The molecule has 0 aliphatic carbocycles. The summed E-state index contributed by atoms with van der Waals surface area (Å²) in [4.78, 5) is 2.43. The Hall–Kier alpha value is -2.87. The van der Waals surface area contributed by atoms with E-state index in [-0.39, 0.29) is 0 Å². The van der Waals surface area contributed by atoms with Crippen molar-refractivity contribution in [3.8, 4) is 11.3 Å². The first-order valence-electron chi connectivity index (χ1n) is 10.6. The van der Waals surface area contributed by atoms with Crippen molar-refractivity contribution in [3.63, 3.8) is 0 Å². The molecule has 0 atom stereocenters. The van der Waals surface area contributed by atoms with E-state index in [0.717, 1.165) is 6.42 Å². The lowest BCUT2D eigenvalue weighted by atomic mass is 9.85. The van der Waals surface area contributed by atoms with Crippen molar-refractivity contribution in [1.29, 1.82) is 0 Å². The fourth-order valence-electron chi connectivity index (χ4n) is 5.29. The molecule has 0 spiro atoms. The molecule has 2 heterocycles. The van der Waals surface area contributed by atoms with Crippen LogP contribution in [0.4, 0.5) is 11.4 Å². The van der Waals surface area contributed by atoms with Crippen LogP contribution in [0, 0.1) is 19.8 Å². The quantitative estimate of drug-likeness (QED) is 0.365. The van der Waals surface area contributed by atoms with Crippen molar-refractivity contribution in [1.82, 2.24) is 0 Å². The lowest BCUT2D eigenvalue weighted by Crippen LogP contribution is -2.33. The van der Waals surface area contributed by atoms with E-state index >= 15 is 0 Å². The van der Waals surface area contributed by atoms with Crippen LogP contribution < -0.4 is 9.47 Å². The molecule has 0 amide bonds. The highest BCUT2D eigenvalue weighted by Gasteiger charge is 2.33. The lowest BCUT2D eigenvalue weighted by Gasteiger charge is -2.32. The molecule has 1 aromatic heterocycles. The van der Waals surface area contributed by atoms with E-state index in [2.05, 4.69) is 99.9 Å². The molecule has 0 radical (unpaired) electrons. The maximum Gasteiger partial charge on any atom is 0.224 e. The Morgan fingerprint density at radius 2 is 1.66 bits per heavy atom. The van der Waals surface area contributed by atoms with Gasteiger partial charge in [-0.05, 0) is 65.1 Å². The average molecular weight is 382 g/mol. The lowest BCUT2D eigenvalue weighted by molar-refractivity contribution is -0.659. The third-order valence-corrected chi connectivity index (χ3v) is 6.55. The summed E-state index contributed by atoms with van der Waals surface area (Å²) >= 11 is 0. The normalized spacial score (nSPS) is 12.9. The molecule has 29 heavy (non-hydrogen) atoms. The summed E-state index contributed by atoms with van der Waals surface area (Å²) in [6.07, 6.45) is 3.33. The van der Waals surface area contributed by atoms with Crippen LogP contribution in [-0.2, 0) is 13.5 Å². The fourth-order valence-corrected chi connectivity index (χ4v) is 5.29. The molecule has 3 aromatic carbocycles. The summed E-state index contributed by atoms with van der Waals surface area (Å²) in [6.45, 7) is 9.15. The number of aromatic nitrogens is 1. The maximum atomic E-state index is 2.43. The summed E-state index contributed by atoms with van der Waals surface area (Å²) in [5, 5.41) is 5.42. The number of pyridine rings is 1. The molecule has 0 bridgehead atoms. The molecule has 2 heteroatoms. The molecule has 0 saturated carbocycles. The van der Waals surface area contributed by atoms with E-state index in [1.807, 2.05) is 0 Å². The number of benzene rings is 3. The number of fused-ring (bicyclic) bond motifs is 3. The Labute approximate surface area is 173 Å². The Bertz CT molecular complexity index is 1300. The summed E-state index contributed by atoms with van der Waals surface area (Å²) in [6, 6.07) is 15.9. The number of rotatable bonds is 2. The monoisotopic (exact) mass is 381 g/mol. The van der Waals surface area contributed by atoms with E-state index in [1.165, 1.54) is 60.9 Å². The van der Waals surface area contributed by atoms with Crippen LogP contribution in [0.15, 0.2) is 48.7 Å². The van der Waals surface area contributed by atoms with Crippen molar-refractivity contribution in [3.05, 3.63) is 65.4 Å². The second-order valence-corrected chi connectivity index (χ2v) is 9.03. The Morgan fingerprint density at radius 1 is 0.966 bits per heavy atom. The van der Waals surface area contributed by atoms with E-state index in [0.29, 0.717) is 5.92 Å². The minimum atomic E-state index is 0.646. The Kier molecular flexibility index (Phi) is 3.96. The molecule has 4 aromatic rings. The topological polar surface area (TPSA) is 7.12 Å². The number of nitrogens with zero attached hydrogens (tertiary/aromatic N) is 2. The third-order valence-electron chi connectivity index (χ3n) is 6.55. The van der Waals surface area contributed by atoms with Crippen molar-refractivity contribution in [2.24, 2.45) is 13.0 Å². The molecule has 0 N–H and O–H groups in total. The molecule has 0 unspecified atom stereocenters. The van der Waals surface area contributed by atoms with Crippen LogP contribution in [0.25, 0.3) is 32.8 Å². The van der Waals surface area contributed by atoms with Crippen molar-refractivity contribution in [2.75, 3.05) is 11.9 Å². The van der Waals surface area contributed by atoms with Gasteiger partial charge in [0.1, 0.15) is 7.05 Å². The van der Waals surface area contributed by atoms with Crippen molar-refractivity contribution >= 4 is 32.9 Å². The number of hydrogen-bond donors (Lipinski definition) is 0. The second-order valence-electron chi connectivity index (χ2n) is 9.03. The maximum absolute atomic E-state index is 2.43. The van der Waals surface area contributed by atoms with Crippen LogP contribution in [0.5, 0.6) is 0 Å². The summed E-state index contributed by atoms with van der Waals surface area (Å²) in [7, 11) is 4.42. The standard InChI is InChI=1S/C27H29N2/c1-16(2)13-19-14-20-11-12-28(5)27-24-17(3)21-9-7-8-10-22(21)18(4)26(24)29(6)23(15-19)25(20)27/h7-12,14-16H,13H2,1-6H3/q+1. The zero-order valence-electron chi connectivity index (χ0n) is 18.3. The van der Waals surface area contributed by atoms with Crippen molar-refractivity contribution in [2.45, 2.75) is 34.1 Å². The van der Waals surface area contributed by atoms with Gasteiger partial charge in [-0.15, -0.1) is 0 Å². The molecule has 146 valence electrons. The highest BCUT2D eigenvalue weighted by molar-refractivity contribution is 6.14. The van der Waals surface area contributed by atoms with E-state index < -0.39 is 0 Å². The molecule has 0 fully saturated rings. The van der Waals surface area contributed by atoms with Gasteiger partial charge < -0.3 is 4.90 Å². The number of aryl methyl sites for hydroxylation is 3. The van der Waals surface area contributed by atoms with Crippen LogP contribution in [0.1, 0.15) is 30.5 Å². The summed E-state index contributed by atoms with van der Waals surface area (Å²) in [5.41, 5.74) is 9.54. The molecular formula is C27H29N2+. The highest BCUT2D eigenvalue weighted by atomic mass is 15.1. The second kappa shape index (κ2) is 6.32. The largest absolute Gasteiger partial charge is 0.343 e. The van der Waals surface area contributed by atoms with Gasteiger partial charge >= 0.3 is 0 Å². The first-order chi connectivity index (χ1) is 13.9. The van der Waals surface area contributed by atoms with E-state index in [1.54, 1.807) is 0 Å². The predicted molar refractivity (Wildman–Crippen MR) is 124 cm³/mol. The minimum Gasteiger partial charge on any atom is -0.343 e. The summed E-state index contributed by atoms with van der Waals surface area (Å²) < 4.78 is 2.31. The third kappa shape index (κ3) is 2.51. The van der Waals surface area contributed by atoms with Crippen LogP contribution in [0.3, 0.4) is 0 Å². The Morgan fingerprint density at radius 3 is 2.34 bits per heavy atom. The van der Waals surface area contributed by atoms with Gasteiger partial charge in [-0.3, -0.25) is 0 Å². The summed E-state index contributed by atoms with van der Waals surface area (Å²) in [5.74, 6) is 0.646. The minimum absolute atomic E-state index is 0.646. The zero-order chi connectivity index (χ0) is 20.4. The van der Waals surface area contributed by atoms with Crippen LogP contribution in [0.2, 0.25) is 0 Å². The van der Waals surface area contributed by atoms with Gasteiger partial charge in [0.05, 0.1) is 22.3 Å². The molecule has 1 aliphatic rings. The highest BCUT2D eigenvalue weighted by Crippen LogP contribution is 2.50. The zero-order valence-corrected chi connectivity index (χ0v) is 18.3. The van der Waals surface area contributed by atoms with Gasteiger partial charge in [-0.25, -0.2) is 4.57 Å². The van der Waals surface area contributed by atoms with Gasteiger partial charge in [0, 0.05) is 13.1 Å². The van der Waals surface area contributed by atoms with Gasteiger partial charge in [0.2, 0.25) is 5.69 Å². The van der Waals surface area contributed by atoms with Gasteiger partial charge in [0.25, 0.3) is 0 Å².